The molecule has 1 heterocycles. The molecular formula is C27H36O11. The van der Waals surface area contributed by atoms with Gasteiger partial charge >= 0.3 is 23.9 Å². The van der Waals surface area contributed by atoms with Crippen LogP contribution in [0.5, 0.6) is 0 Å². The Hall–Kier alpha value is -3.02. The maximum absolute atomic E-state index is 12.8. The monoisotopic (exact) mass is 536 g/mol. The number of esters is 4. The molecule has 11 nitrogen and oxygen atoms in total. The maximum Gasteiger partial charge on any atom is 0.312 e. The van der Waals surface area contributed by atoms with Gasteiger partial charge in [0.2, 0.25) is 0 Å². The van der Waals surface area contributed by atoms with E-state index in [9.17, 15) is 29.4 Å². The van der Waals surface area contributed by atoms with E-state index in [-0.39, 0.29) is 6.61 Å². The average molecular weight is 537 g/mol. The van der Waals surface area contributed by atoms with Gasteiger partial charge in [-0.15, -0.1) is 0 Å². The van der Waals surface area contributed by atoms with Gasteiger partial charge < -0.3 is 33.9 Å². The van der Waals surface area contributed by atoms with E-state index in [1.807, 2.05) is 0 Å². The molecule has 2 N–H and O–H groups in total. The van der Waals surface area contributed by atoms with E-state index in [2.05, 4.69) is 0 Å². The summed E-state index contributed by atoms with van der Waals surface area (Å²) >= 11 is 0. The maximum atomic E-state index is 12.8. The second kappa shape index (κ2) is 11.0. The topological polar surface area (TPSA) is 155 Å². The van der Waals surface area contributed by atoms with Gasteiger partial charge in [0.1, 0.15) is 24.4 Å². The molecule has 1 aliphatic heterocycles. The molecule has 0 unspecified atom stereocenters. The Morgan fingerprint density at radius 1 is 1.03 bits per heavy atom. The molecule has 2 aliphatic carbocycles. The van der Waals surface area contributed by atoms with E-state index in [1.165, 1.54) is 40.0 Å². The van der Waals surface area contributed by atoms with Gasteiger partial charge in [0.15, 0.2) is 11.7 Å². The molecule has 38 heavy (non-hydrogen) atoms. The predicted octanol–water partition coefficient (Wildman–Crippen LogP) is 1.16. The second-order valence-corrected chi connectivity index (χ2v) is 10.3. The first kappa shape index (κ1) is 29.5. The Kier molecular flexibility index (Phi) is 8.55. The lowest BCUT2D eigenvalue weighted by atomic mass is 9.56. The van der Waals surface area contributed by atoms with Crippen molar-refractivity contribution in [3.05, 3.63) is 35.5 Å². The summed E-state index contributed by atoms with van der Waals surface area (Å²) in [5.74, 6) is -5.00. The lowest BCUT2D eigenvalue weighted by Crippen LogP contribution is -2.66. The normalized spacial score (nSPS) is 40.8. The van der Waals surface area contributed by atoms with Crippen LogP contribution in [-0.4, -0.2) is 83.9 Å². The minimum Gasteiger partial charge on any atom is -0.459 e. The van der Waals surface area contributed by atoms with Gasteiger partial charge in [-0.1, -0.05) is 24.6 Å². The van der Waals surface area contributed by atoms with Crippen molar-refractivity contribution < 1.29 is 53.1 Å². The molecule has 1 fully saturated rings. The van der Waals surface area contributed by atoms with Crippen molar-refractivity contribution in [2.24, 2.45) is 17.3 Å². The third kappa shape index (κ3) is 5.14. The average Bonchev–Trinajstić information content (AvgIpc) is 3.01. The molecule has 0 radical (unpaired) electrons. The van der Waals surface area contributed by atoms with Crippen molar-refractivity contribution in [1.82, 2.24) is 0 Å². The van der Waals surface area contributed by atoms with Crippen molar-refractivity contribution in [3.8, 4) is 0 Å². The summed E-state index contributed by atoms with van der Waals surface area (Å²) < 4.78 is 28.0. The molecule has 0 aromatic heterocycles. The number of hydrogen-bond acceptors (Lipinski definition) is 11. The first-order valence-electron chi connectivity index (χ1n) is 12.4. The van der Waals surface area contributed by atoms with Gasteiger partial charge in [-0.2, -0.15) is 0 Å². The van der Waals surface area contributed by atoms with Crippen LogP contribution < -0.4 is 0 Å². The summed E-state index contributed by atoms with van der Waals surface area (Å²) in [6, 6.07) is 0. The number of ether oxygens (including phenoxy) is 5. The van der Waals surface area contributed by atoms with Gasteiger partial charge in [-0.25, -0.2) is 0 Å². The molecule has 0 saturated carbocycles. The number of aliphatic hydroxyl groups is 2. The van der Waals surface area contributed by atoms with Crippen LogP contribution >= 0.6 is 0 Å². The summed E-state index contributed by atoms with van der Waals surface area (Å²) in [4.78, 5) is 49.8. The van der Waals surface area contributed by atoms with Crippen LogP contribution in [0.1, 0.15) is 41.5 Å². The first-order chi connectivity index (χ1) is 17.7. The van der Waals surface area contributed by atoms with Crippen LogP contribution in [0.15, 0.2) is 35.5 Å². The van der Waals surface area contributed by atoms with Crippen molar-refractivity contribution in [2.75, 3.05) is 13.7 Å². The minimum atomic E-state index is -2.10. The van der Waals surface area contributed by atoms with E-state index >= 15 is 0 Å². The van der Waals surface area contributed by atoms with Crippen LogP contribution in [-0.2, 0) is 42.9 Å². The van der Waals surface area contributed by atoms with Crippen molar-refractivity contribution in [2.45, 2.75) is 77.7 Å². The third-order valence-corrected chi connectivity index (χ3v) is 7.68. The fourth-order valence-electron chi connectivity index (χ4n) is 5.99. The minimum absolute atomic E-state index is 0.0368. The SMILES string of the molecule is COCC1=C/[C@@H]2OC(=O)[C@H](C)[C@]2(O)[C@@H](OC(C)=O)[C@H]2C(C)=C[C@@H](O)[C@@H](OC(C)=O)[C@]2(C)[C@@H](OC(C)=O)\C=C\1. The third-order valence-electron chi connectivity index (χ3n) is 7.68. The molecule has 0 spiro atoms. The second-order valence-electron chi connectivity index (χ2n) is 10.3. The van der Waals surface area contributed by atoms with Crippen LogP contribution in [0, 0.1) is 17.3 Å². The zero-order chi connectivity index (χ0) is 28.6. The highest BCUT2D eigenvalue weighted by molar-refractivity contribution is 5.78. The molecule has 0 bridgehead atoms. The number of rotatable bonds is 5. The van der Waals surface area contributed by atoms with Gasteiger partial charge in [-0.3, -0.25) is 19.2 Å². The van der Waals surface area contributed by atoms with Crippen molar-refractivity contribution in [3.63, 3.8) is 0 Å². The largest absolute Gasteiger partial charge is 0.459 e. The van der Waals surface area contributed by atoms with Crippen LogP contribution in [0.3, 0.4) is 0 Å². The number of carbonyl (C=O) groups is 4. The molecule has 3 aliphatic rings. The lowest BCUT2D eigenvalue weighted by molar-refractivity contribution is -0.219. The summed E-state index contributed by atoms with van der Waals surface area (Å²) in [7, 11) is 1.45. The smallest absolute Gasteiger partial charge is 0.312 e. The predicted molar refractivity (Wildman–Crippen MR) is 131 cm³/mol. The molecule has 0 aromatic rings. The Bertz CT molecular complexity index is 1070. The molecule has 0 aromatic carbocycles. The Morgan fingerprint density at radius 2 is 1.61 bits per heavy atom. The molecule has 11 heteroatoms. The molecule has 210 valence electrons. The van der Waals surface area contributed by atoms with Gasteiger partial charge in [-0.05, 0) is 31.6 Å². The first-order valence-corrected chi connectivity index (χ1v) is 12.4. The van der Waals surface area contributed by atoms with E-state index in [4.69, 9.17) is 23.7 Å². The molecule has 1 saturated heterocycles. The van der Waals surface area contributed by atoms with Crippen LogP contribution in [0.4, 0.5) is 0 Å². The number of carbonyl (C=O) groups excluding carboxylic acids is 4. The molecule has 0 amide bonds. The van der Waals surface area contributed by atoms with Gasteiger partial charge in [0.25, 0.3) is 0 Å². The molecule has 9 atom stereocenters. The van der Waals surface area contributed by atoms with Gasteiger partial charge in [0, 0.05) is 33.8 Å². The highest BCUT2D eigenvalue weighted by atomic mass is 16.6. The summed E-state index contributed by atoms with van der Waals surface area (Å²) in [5, 5.41) is 23.4. The number of methoxy groups -OCH3 is 1. The van der Waals surface area contributed by atoms with E-state index < -0.39 is 77.2 Å². The summed E-state index contributed by atoms with van der Waals surface area (Å²) in [6.07, 6.45) is -0.400. The van der Waals surface area contributed by atoms with E-state index in [0.717, 1.165) is 6.92 Å². The van der Waals surface area contributed by atoms with Gasteiger partial charge in [0.05, 0.1) is 17.9 Å². The summed E-state index contributed by atoms with van der Waals surface area (Å²) in [5.41, 5.74) is -2.68. The molecular weight excluding hydrogens is 500 g/mol. The van der Waals surface area contributed by atoms with Crippen molar-refractivity contribution >= 4 is 23.9 Å². The van der Waals surface area contributed by atoms with Crippen molar-refractivity contribution in [1.29, 1.82) is 0 Å². The Balaban J connectivity index is 2.44. The fourth-order valence-corrected chi connectivity index (χ4v) is 5.99. The Morgan fingerprint density at radius 3 is 2.16 bits per heavy atom. The standard InChI is InChI=1S/C27H36O11/c1-13-10-19(31)23(36-16(4)29)26(6)20(35-15(3)28)9-8-18(12-34-7)11-21-27(33,14(2)25(32)38-21)24(22(13)26)37-17(5)30/h8-11,14,19-24,31,33H,12H2,1-7H3/b9-8+,18-11+/t14-,19+,20-,21-,22+,23+,24-,26+,27+/m0/s1. The highest BCUT2D eigenvalue weighted by Crippen LogP contribution is 2.54. The zero-order valence-electron chi connectivity index (χ0n) is 22.6. The quantitative estimate of drug-likeness (QED) is 0.295. The number of hydrogen-bond donors (Lipinski definition) is 2. The fraction of sp³-hybridized carbons (Fsp3) is 0.630. The Labute approximate surface area is 221 Å². The highest BCUT2D eigenvalue weighted by Gasteiger charge is 2.67. The summed E-state index contributed by atoms with van der Waals surface area (Å²) in [6.45, 7) is 8.30. The van der Waals surface area contributed by atoms with E-state index in [0.29, 0.717) is 11.1 Å². The van der Waals surface area contributed by atoms with Crippen LogP contribution in [0.25, 0.3) is 0 Å². The van der Waals surface area contributed by atoms with E-state index in [1.54, 1.807) is 26.0 Å². The number of aliphatic hydroxyl groups excluding tert-OH is 1. The lowest BCUT2D eigenvalue weighted by Gasteiger charge is -2.54. The molecule has 3 rings (SSSR count). The number of fused-ring (bicyclic) bond motifs is 2. The van der Waals surface area contributed by atoms with Crippen LogP contribution in [0.2, 0.25) is 0 Å². The zero-order valence-corrected chi connectivity index (χ0v) is 22.6.